The van der Waals surface area contributed by atoms with Gasteiger partial charge in [0.15, 0.2) is 0 Å². The molecule has 0 bridgehead atoms. The molecule has 1 atom stereocenters. The van der Waals surface area contributed by atoms with Gasteiger partial charge in [-0.05, 0) is 56.0 Å². The number of benzene rings is 2. The van der Waals surface area contributed by atoms with Crippen molar-refractivity contribution in [3.63, 3.8) is 0 Å². The Balaban J connectivity index is 1.69. The number of carbonyl (C=O) groups is 1. The van der Waals surface area contributed by atoms with E-state index in [4.69, 9.17) is 21.4 Å². The molecular formula is C24H27ClN2O3. The van der Waals surface area contributed by atoms with Crippen LogP contribution in [-0.2, 0) is 11.3 Å². The van der Waals surface area contributed by atoms with E-state index in [0.717, 1.165) is 41.2 Å². The molecule has 0 unspecified atom stereocenters. The van der Waals surface area contributed by atoms with Gasteiger partial charge in [-0.3, -0.25) is 4.79 Å². The maximum absolute atomic E-state index is 10.8. The summed E-state index contributed by atoms with van der Waals surface area (Å²) in [7, 11) is 0. The van der Waals surface area contributed by atoms with Crippen molar-refractivity contribution in [2.75, 3.05) is 6.61 Å². The molecule has 0 radical (unpaired) electrons. The van der Waals surface area contributed by atoms with Crippen molar-refractivity contribution in [3.8, 4) is 17.1 Å². The second-order valence-electron chi connectivity index (χ2n) is 7.62. The molecule has 6 heteroatoms. The van der Waals surface area contributed by atoms with E-state index in [0.29, 0.717) is 18.2 Å². The van der Waals surface area contributed by atoms with E-state index in [9.17, 15) is 4.79 Å². The Morgan fingerprint density at radius 2 is 1.93 bits per heavy atom. The zero-order valence-electron chi connectivity index (χ0n) is 17.3. The molecule has 0 amide bonds. The van der Waals surface area contributed by atoms with Crippen LogP contribution in [0.25, 0.3) is 11.4 Å². The van der Waals surface area contributed by atoms with E-state index in [1.165, 1.54) is 0 Å². The highest BCUT2D eigenvalue weighted by Crippen LogP contribution is 2.26. The second kappa shape index (κ2) is 10.3. The molecule has 158 valence electrons. The Morgan fingerprint density at radius 3 is 2.67 bits per heavy atom. The summed E-state index contributed by atoms with van der Waals surface area (Å²) in [5.74, 6) is 1.14. The maximum Gasteiger partial charge on any atom is 0.303 e. The van der Waals surface area contributed by atoms with Crippen molar-refractivity contribution in [3.05, 3.63) is 71.0 Å². The van der Waals surface area contributed by atoms with Crippen LogP contribution < -0.4 is 4.74 Å². The third kappa shape index (κ3) is 5.86. The topological polar surface area (TPSA) is 64.4 Å². The first kappa shape index (κ1) is 21.9. The van der Waals surface area contributed by atoms with Crippen molar-refractivity contribution in [1.29, 1.82) is 0 Å². The molecule has 0 spiro atoms. The van der Waals surface area contributed by atoms with Crippen molar-refractivity contribution in [1.82, 2.24) is 9.55 Å². The van der Waals surface area contributed by atoms with Gasteiger partial charge in [0.25, 0.3) is 0 Å². The second-order valence-corrected chi connectivity index (χ2v) is 8.05. The summed E-state index contributed by atoms with van der Waals surface area (Å²) in [5.41, 5.74) is 3.16. The minimum atomic E-state index is -0.749. The number of carboxylic acids is 1. The summed E-state index contributed by atoms with van der Waals surface area (Å²) in [6, 6.07) is 15.7. The number of aliphatic carboxylic acids is 1. The van der Waals surface area contributed by atoms with Gasteiger partial charge in [0.1, 0.15) is 11.6 Å². The fourth-order valence-electron chi connectivity index (χ4n) is 3.45. The number of halogens is 1. The summed E-state index contributed by atoms with van der Waals surface area (Å²) in [6.07, 6.45) is 3.72. The van der Waals surface area contributed by atoms with Crippen molar-refractivity contribution < 1.29 is 14.6 Å². The molecular weight excluding hydrogens is 400 g/mol. The Labute approximate surface area is 182 Å². The van der Waals surface area contributed by atoms with Crippen molar-refractivity contribution in [2.24, 2.45) is 5.92 Å². The highest BCUT2D eigenvalue weighted by atomic mass is 35.5. The van der Waals surface area contributed by atoms with E-state index in [-0.39, 0.29) is 12.3 Å². The summed E-state index contributed by atoms with van der Waals surface area (Å²) < 4.78 is 8.21. The Bertz CT molecular complexity index is 982. The quantitative estimate of drug-likeness (QED) is 0.414. The number of aromatic nitrogens is 2. The van der Waals surface area contributed by atoms with Crippen LogP contribution in [0.15, 0.2) is 54.7 Å². The van der Waals surface area contributed by atoms with Gasteiger partial charge in [-0.2, -0.15) is 0 Å². The molecule has 0 aliphatic heterocycles. The van der Waals surface area contributed by atoms with Crippen LogP contribution in [0.3, 0.4) is 0 Å². The highest BCUT2D eigenvalue weighted by molar-refractivity contribution is 6.30. The standard InChI is InChI=1S/C24H27ClN2O3/c1-17(14-23(28)29)6-5-13-30-22-8-4-3-7-20(22)16-27-18(2)15-26-24(27)19-9-11-21(25)12-10-19/h3-4,7-12,15,17H,5-6,13-14,16H2,1-2H3,(H,28,29)/t17-/m1/s1. The fraction of sp³-hybridized carbons (Fsp3) is 0.333. The summed E-state index contributed by atoms with van der Waals surface area (Å²) in [5, 5.41) is 9.57. The lowest BCUT2D eigenvalue weighted by atomic mass is 10.0. The van der Waals surface area contributed by atoms with Crippen LogP contribution in [0.5, 0.6) is 5.75 Å². The highest BCUT2D eigenvalue weighted by Gasteiger charge is 2.13. The first-order valence-electron chi connectivity index (χ1n) is 10.1. The minimum Gasteiger partial charge on any atom is -0.493 e. The number of para-hydroxylation sites is 1. The Hall–Kier alpha value is -2.79. The number of rotatable bonds is 10. The third-order valence-corrected chi connectivity index (χ3v) is 5.33. The molecule has 30 heavy (non-hydrogen) atoms. The van der Waals surface area contributed by atoms with E-state index in [1.54, 1.807) is 0 Å². The number of hydrogen-bond donors (Lipinski definition) is 1. The fourth-order valence-corrected chi connectivity index (χ4v) is 3.58. The van der Waals surface area contributed by atoms with Gasteiger partial charge in [-0.25, -0.2) is 4.98 Å². The van der Waals surface area contributed by atoms with E-state index in [2.05, 4.69) is 15.6 Å². The number of nitrogens with zero attached hydrogens (tertiary/aromatic N) is 2. The summed E-state index contributed by atoms with van der Waals surface area (Å²) >= 11 is 6.03. The van der Waals surface area contributed by atoms with Gasteiger partial charge < -0.3 is 14.4 Å². The van der Waals surface area contributed by atoms with Crippen LogP contribution in [0.1, 0.15) is 37.4 Å². The first-order chi connectivity index (χ1) is 14.4. The zero-order valence-corrected chi connectivity index (χ0v) is 18.1. The molecule has 0 aliphatic rings. The molecule has 0 saturated carbocycles. The van der Waals surface area contributed by atoms with Gasteiger partial charge in [-0.15, -0.1) is 0 Å². The minimum absolute atomic E-state index is 0.150. The summed E-state index contributed by atoms with van der Waals surface area (Å²) in [4.78, 5) is 15.4. The average molecular weight is 427 g/mol. The van der Waals surface area contributed by atoms with Crippen LogP contribution in [-0.4, -0.2) is 27.2 Å². The number of aryl methyl sites for hydroxylation is 1. The van der Waals surface area contributed by atoms with Gasteiger partial charge in [0, 0.05) is 34.5 Å². The zero-order chi connectivity index (χ0) is 21.5. The molecule has 1 N–H and O–H groups in total. The number of hydrogen-bond acceptors (Lipinski definition) is 3. The van der Waals surface area contributed by atoms with Gasteiger partial charge in [0.2, 0.25) is 0 Å². The molecule has 1 heterocycles. The molecule has 2 aromatic carbocycles. The predicted molar refractivity (Wildman–Crippen MR) is 119 cm³/mol. The van der Waals surface area contributed by atoms with Crippen molar-refractivity contribution in [2.45, 2.75) is 39.7 Å². The van der Waals surface area contributed by atoms with Gasteiger partial charge in [-0.1, -0.05) is 36.7 Å². The number of imidazole rings is 1. The normalized spacial score (nSPS) is 12.0. The molecule has 1 aromatic heterocycles. The average Bonchev–Trinajstić information content (AvgIpc) is 3.07. The molecule has 0 aliphatic carbocycles. The smallest absolute Gasteiger partial charge is 0.303 e. The molecule has 3 aromatic rings. The van der Waals surface area contributed by atoms with Crippen LogP contribution in [0, 0.1) is 12.8 Å². The lowest BCUT2D eigenvalue weighted by Crippen LogP contribution is -2.09. The summed E-state index contributed by atoms with van der Waals surface area (Å²) in [6.45, 7) is 5.21. The monoisotopic (exact) mass is 426 g/mol. The third-order valence-electron chi connectivity index (χ3n) is 5.08. The van der Waals surface area contributed by atoms with Gasteiger partial charge in [0.05, 0.1) is 13.2 Å². The van der Waals surface area contributed by atoms with E-state index < -0.39 is 5.97 Å². The Kier molecular flexibility index (Phi) is 7.52. The van der Waals surface area contributed by atoms with Gasteiger partial charge >= 0.3 is 5.97 Å². The molecule has 3 rings (SSSR count). The largest absolute Gasteiger partial charge is 0.493 e. The predicted octanol–water partition coefficient (Wildman–Crippen LogP) is 5.83. The maximum atomic E-state index is 10.8. The van der Waals surface area contributed by atoms with E-state index in [1.807, 2.05) is 62.5 Å². The first-order valence-corrected chi connectivity index (χ1v) is 10.5. The molecule has 0 saturated heterocycles. The van der Waals surface area contributed by atoms with Crippen LogP contribution in [0.2, 0.25) is 5.02 Å². The van der Waals surface area contributed by atoms with Crippen molar-refractivity contribution >= 4 is 17.6 Å². The lowest BCUT2D eigenvalue weighted by Gasteiger charge is -2.15. The molecule has 0 fully saturated rings. The number of carboxylic acid groups (broad SMARTS) is 1. The van der Waals surface area contributed by atoms with E-state index >= 15 is 0 Å². The Morgan fingerprint density at radius 1 is 1.20 bits per heavy atom. The van der Waals surface area contributed by atoms with Crippen LogP contribution >= 0.6 is 11.6 Å². The SMILES string of the molecule is Cc1cnc(-c2ccc(Cl)cc2)n1Cc1ccccc1OCCC[C@@H](C)CC(=O)O. The molecule has 5 nitrogen and oxygen atoms in total. The lowest BCUT2D eigenvalue weighted by molar-refractivity contribution is -0.138. The van der Waals surface area contributed by atoms with Crippen LogP contribution in [0.4, 0.5) is 0 Å². The number of ether oxygens (including phenoxy) is 1.